The number of carbonyl (C=O) groups excluding carboxylic acids is 1. The van der Waals surface area contributed by atoms with Gasteiger partial charge in [-0.15, -0.1) is 0 Å². The Kier molecular flexibility index (Phi) is 3.14. The van der Waals surface area contributed by atoms with Crippen LogP contribution in [0.3, 0.4) is 0 Å². The molecular weight excluding hydrogens is 259 g/mol. The van der Waals surface area contributed by atoms with Gasteiger partial charge in [0, 0.05) is 32.0 Å². The summed E-state index contributed by atoms with van der Waals surface area (Å²) in [5.74, 6) is 0.0968. The molecule has 0 atom stereocenters. The predicted octanol–water partition coefficient (Wildman–Crippen LogP) is 2.11. The molecular formula is C14H15FN4O. The van der Waals surface area contributed by atoms with Crippen molar-refractivity contribution < 1.29 is 9.18 Å². The van der Waals surface area contributed by atoms with Crippen LogP contribution in [-0.2, 0) is 6.54 Å². The molecule has 20 heavy (non-hydrogen) atoms. The van der Waals surface area contributed by atoms with Crippen LogP contribution in [0.1, 0.15) is 16.9 Å². The summed E-state index contributed by atoms with van der Waals surface area (Å²) in [6.07, 6.45) is 2.75. The minimum Gasteiger partial charge on any atom is -0.356 e. The van der Waals surface area contributed by atoms with E-state index in [4.69, 9.17) is 0 Å². The van der Waals surface area contributed by atoms with E-state index in [9.17, 15) is 9.18 Å². The van der Waals surface area contributed by atoms with Gasteiger partial charge in [0.1, 0.15) is 11.5 Å². The molecule has 0 radical (unpaired) electrons. The average Bonchev–Trinajstić information content (AvgIpc) is 2.89. The van der Waals surface area contributed by atoms with Crippen molar-refractivity contribution in [3.05, 3.63) is 42.0 Å². The number of benzene rings is 1. The van der Waals surface area contributed by atoms with Crippen LogP contribution in [0.15, 0.2) is 30.5 Å². The van der Waals surface area contributed by atoms with E-state index in [2.05, 4.69) is 10.3 Å². The third-order valence-electron chi connectivity index (χ3n) is 3.35. The molecule has 6 heteroatoms. The topological polar surface area (TPSA) is 50.2 Å². The summed E-state index contributed by atoms with van der Waals surface area (Å²) in [6.45, 7) is 1.72. The summed E-state index contributed by atoms with van der Waals surface area (Å²) >= 11 is 0. The first-order valence-corrected chi connectivity index (χ1v) is 6.50. The SMILES string of the molecule is CN(C(=O)c1cn2c(n1)NCCC2)c1cccc(F)c1. The second-order valence-electron chi connectivity index (χ2n) is 4.77. The molecule has 1 aliphatic heterocycles. The number of nitrogens with one attached hydrogen (secondary N) is 1. The Balaban J connectivity index is 1.86. The quantitative estimate of drug-likeness (QED) is 0.912. The van der Waals surface area contributed by atoms with Crippen molar-refractivity contribution in [3.63, 3.8) is 0 Å². The van der Waals surface area contributed by atoms with Crippen LogP contribution in [0.25, 0.3) is 0 Å². The molecule has 1 aromatic heterocycles. The summed E-state index contributed by atoms with van der Waals surface area (Å²) in [5, 5.41) is 3.15. The average molecular weight is 274 g/mol. The van der Waals surface area contributed by atoms with Gasteiger partial charge >= 0.3 is 0 Å². The molecule has 104 valence electrons. The Bertz CT molecular complexity index is 629. The van der Waals surface area contributed by atoms with E-state index in [0.717, 1.165) is 19.5 Å². The Morgan fingerprint density at radius 1 is 1.50 bits per heavy atom. The minimum atomic E-state index is -0.368. The normalized spacial score (nSPS) is 13.5. The smallest absolute Gasteiger partial charge is 0.278 e. The van der Waals surface area contributed by atoms with Gasteiger partial charge in [0.2, 0.25) is 5.95 Å². The highest BCUT2D eigenvalue weighted by molar-refractivity contribution is 6.04. The summed E-state index contributed by atoms with van der Waals surface area (Å²) < 4.78 is 15.1. The predicted molar refractivity (Wildman–Crippen MR) is 74.5 cm³/mol. The van der Waals surface area contributed by atoms with Crippen molar-refractivity contribution in [1.29, 1.82) is 0 Å². The number of amides is 1. The number of rotatable bonds is 2. The first kappa shape index (κ1) is 12.7. The largest absolute Gasteiger partial charge is 0.356 e. The molecule has 0 fully saturated rings. The lowest BCUT2D eigenvalue weighted by atomic mass is 10.2. The maximum atomic E-state index is 13.2. The molecule has 0 aliphatic carbocycles. The van der Waals surface area contributed by atoms with Crippen molar-refractivity contribution in [2.45, 2.75) is 13.0 Å². The number of carbonyl (C=O) groups is 1. The van der Waals surface area contributed by atoms with Crippen LogP contribution in [-0.4, -0.2) is 29.1 Å². The monoisotopic (exact) mass is 274 g/mol. The van der Waals surface area contributed by atoms with Gasteiger partial charge in [-0.1, -0.05) is 6.07 Å². The van der Waals surface area contributed by atoms with Gasteiger partial charge in [-0.3, -0.25) is 4.79 Å². The van der Waals surface area contributed by atoms with Crippen molar-refractivity contribution in [3.8, 4) is 0 Å². The number of imidazole rings is 1. The van der Waals surface area contributed by atoms with Crippen LogP contribution in [0.2, 0.25) is 0 Å². The number of aryl methyl sites for hydroxylation is 1. The van der Waals surface area contributed by atoms with Gasteiger partial charge < -0.3 is 14.8 Å². The first-order chi connectivity index (χ1) is 9.65. The van der Waals surface area contributed by atoms with E-state index in [1.54, 1.807) is 25.4 Å². The third kappa shape index (κ3) is 2.24. The van der Waals surface area contributed by atoms with Crippen LogP contribution in [0.5, 0.6) is 0 Å². The van der Waals surface area contributed by atoms with Gasteiger partial charge in [0.05, 0.1) is 0 Å². The summed E-state index contributed by atoms with van der Waals surface area (Å²) in [7, 11) is 1.61. The van der Waals surface area contributed by atoms with E-state index in [0.29, 0.717) is 17.3 Å². The fourth-order valence-corrected chi connectivity index (χ4v) is 2.25. The molecule has 0 saturated carbocycles. The number of hydrogen-bond donors (Lipinski definition) is 1. The van der Waals surface area contributed by atoms with Gasteiger partial charge in [-0.2, -0.15) is 0 Å². The molecule has 0 unspecified atom stereocenters. The molecule has 1 N–H and O–H groups in total. The van der Waals surface area contributed by atoms with Crippen molar-refractivity contribution in [2.75, 3.05) is 23.8 Å². The number of fused-ring (bicyclic) bond motifs is 1. The number of anilines is 2. The molecule has 1 aromatic carbocycles. The van der Waals surface area contributed by atoms with E-state index >= 15 is 0 Å². The molecule has 2 aromatic rings. The Morgan fingerprint density at radius 2 is 2.35 bits per heavy atom. The maximum absolute atomic E-state index is 13.2. The third-order valence-corrected chi connectivity index (χ3v) is 3.35. The van der Waals surface area contributed by atoms with Crippen LogP contribution in [0.4, 0.5) is 16.0 Å². The zero-order chi connectivity index (χ0) is 14.1. The highest BCUT2D eigenvalue weighted by Crippen LogP contribution is 2.19. The molecule has 1 aliphatic rings. The molecule has 2 heterocycles. The lowest BCUT2D eigenvalue weighted by molar-refractivity contribution is 0.0988. The van der Waals surface area contributed by atoms with Gasteiger partial charge in [0.15, 0.2) is 0 Å². The molecule has 0 saturated heterocycles. The molecule has 0 bridgehead atoms. The fraction of sp³-hybridized carbons (Fsp3) is 0.286. The zero-order valence-electron chi connectivity index (χ0n) is 11.1. The van der Waals surface area contributed by atoms with Crippen molar-refractivity contribution in [2.24, 2.45) is 0 Å². The van der Waals surface area contributed by atoms with Gasteiger partial charge in [0.25, 0.3) is 5.91 Å². The molecule has 5 nitrogen and oxygen atoms in total. The number of aromatic nitrogens is 2. The number of hydrogen-bond acceptors (Lipinski definition) is 3. The van der Waals surface area contributed by atoms with Gasteiger partial charge in [-0.25, -0.2) is 9.37 Å². The zero-order valence-corrected chi connectivity index (χ0v) is 11.1. The molecule has 0 spiro atoms. The second-order valence-corrected chi connectivity index (χ2v) is 4.77. The second kappa shape index (κ2) is 4.96. The Labute approximate surface area is 116 Å². The van der Waals surface area contributed by atoms with Crippen LogP contribution < -0.4 is 10.2 Å². The fourth-order valence-electron chi connectivity index (χ4n) is 2.25. The molecule has 1 amide bonds. The van der Waals surface area contributed by atoms with E-state index in [1.807, 2.05) is 4.57 Å². The highest BCUT2D eigenvalue weighted by atomic mass is 19.1. The summed E-state index contributed by atoms with van der Waals surface area (Å²) in [5.41, 5.74) is 0.870. The van der Waals surface area contributed by atoms with E-state index in [-0.39, 0.29) is 11.7 Å². The van der Waals surface area contributed by atoms with Gasteiger partial charge in [-0.05, 0) is 24.6 Å². The van der Waals surface area contributed by atoms with Crippen LogP contribution >= 0.6 is 0 Å². The lowest BCUT2D eigenvalue weighted by Crippen LogP contribution is -2.26. The Morgan fingerprint density at radius 3 is 3.10 bits per heavy atom. The maximum Gasteiger partial charge on any atom is 0.278 e. The molecule has 3 rings (SSSR count). The minimum absolute atomic E-state index is 0.251. The number of nitrogens with zero attached hydrogens (tertiary/aromatic N) is 3. The van der Waals surface area contributed by atoms with E-state index in [1.165, 1.54) is 17.0 Å². The highest BCUT2D eigenvalue weighted by Gasteiger charge is 2.20. The Hall–Kier alpha value is -2.37. The van der Waals surface area contributed by atoms with Crippen molar-refractivity contribution >= 4 is 17.5 Å². The van der Waals surface area contributed by atoms with Crippen LogP contribution in [0, 0.1) is 5.82 Å². The first-order valence-electron chi connectivity index (χ1n) is 6.50. The van der Waals surface area contributed by atoms with E-state index < -0.39 is 0 Å². The lowest BCUT2D eigenvalue weighted by Gasteiger charge is -2.15. The standard InChI is InChI=1S/C14H15FN4O/c1-18(11-5-2-4-10(15)8-11)13(20)12-9-19-7-3-6-16-14(19)17-12/h2,4-5,8-9H,3,6-7H2,1H3,(H,16,17). The summed E-state index contributed by atoms with van der Waals surface area (Å²) in [6, 6.07) is 5.94. The van der Waals surface area contributed by atoms with Crippen molar-refractivity contribution in [1.82, 2.24) is 9.55 Å². The summed E-state index contributed by atoms with van der Waals surface area (Å²) in [4.78, 5) is 18.1. The number of halogens is 1.